The molecular formula is C53H39NO. The number of nitrogens with zero attached hydrogens (tertiary/aromatic N) is 1. The molecule has 9 aromatic carbocycles. The molecule has 0 spiro atoms. The van der Waals surface area contributed by atoms with Crippen LogP contribution < -0.4 is 4.90 Å². The molecule has 262 valence electrons. The molecule has 55 heavy (non-hydrogen) atoms. The number of benzene rings is 9. The van der Waals surface area contributed by atoms with Gasteiger partial charge in [0.1, 0.15) is 11.2 Å². The number of rotatable bonds is 4. The van der Waals surface area contributed by atoms with E-state index in [9.17, 15) is 0 Å². The van der Waals surface area contributed by atoms with Gasteiger partial charge in [-0.1, -0.05) is 146 Å². The zero-order valence-corrected chi connectivity index (χ0v) is 30.7. The zero-order chi connectivity index (χ0) is 36.5. The number of fused-ring (bicyclic) bond motifs is 7. The Morgan fingerprint density at radius 1 is 0.473 bits per heavy atom. The van der Waals surface area contributed by atoms with Gasteiger partial charge in [-0.2, -0.15) is 0 Å². The summed E-state index contributed by atoms with van der Waals surface area (Å²) >= 11 is 0. The third-order valence-electron chi connectivity index (χ3n) is 12.1. The van der Waals surface area contributed by atoms with Gasteiger partial charge in [0.05, 0.1) is 6.04 Å². The SMILES string of the molecule is CC1CCc2ccccc2N(c2ccccc2)C1c1ccc(-c2c3ccccc3c(-c3ccc4oc5cc6ccccc6cc5c4c3)c3ccccc23)cc1. The average Bonchev–Trinajstić information content (AvgIpc) is 3.52. The minimum Gasteiger partial charge on any atom is -0.456 e. The topological polar surface area (TPSA) is 16.4 Å². The summed E-state index contributed by atoms with van der Waals surface area (Å²) in [6.07, 6.45) is 2.22. The van der Waals surface area contributed by atoms with Crippen LogP contribution in [0, 0.1) is 5.92 Å². The molecule has 2 unspecified atom stereocenters. The Balaban J connectivity index is 1.07. The number of para-hydroxylation sites is 2. The second-order valence-electron chi connectivity index (χ2n) is 15.3. The van der Waals surface area contributed by atoms with E-state index in [0.29, 0.717) is 5.92 Å². The lowest BCUT2D eigenvalue weighted by molar-refractivity contribution is 0.445. The molecule has 0 saturated heterocycles. The van der Waals surface area contributed by atoms with Crippen molar-refractivity contribution in [2.24, 2.45) is 5.92 Å². The quantitative estimate of drug-likeness (QED) is 0.170. The summed E-state index contributed by atoms with van der Waals surface area (Å²) in [4.78, 5) is 2.59. The molecule has 1 aliphatic rings. The molecule has 0 fully saturated rings. The van der Waals surface area contributed by atoms with Gasteiger partial charge < -0.3 is 9.32 Å². The molecule has 1 aliphatic heterocycles. The third-order valence-corrected chi connectivity index (χ3v) is 12.1. The largest absolute Gasteiger partial charge is 0.456 e. The van der Waals surface area contributed by atoms with Gasteiger partial charge in [-0.05, 0) is 127 Å². The van der Waals surface area contributed by atoms with Crippen molar-refractivity contribution in [2.75, 3.05) is 4.90 Å². The molecule has 0 amide bonds. The molecule has 2 nitrogen and oxygen atoms in total. The fraction of sp³-hybridized carbons (Fsp3) is 0.0943. The fourth-order valence-corrected chi connectivity index (χ4v) is 9.48. The van der Waals surface area contributed by atoms with E-state index < -0.39 is 0 Å². The first-order valence-corrected chi connectivity index (χ1v) is 19.5. The number of hydrogen-bond donors (Lipinski definition) is 0. The van der Waals surface area contributed by atoms with Crippen molar-refractivity contribution in [1.29, 1.82) is 0 Å². The lowest BCUT2D eigenvalue weighted by Crippen LogP contribution is -2.28. The molecule has 1 aromatic heterocycles. The summed E-state index contributed by atoms with van der Waals surface area (Å²) in [5.74, 6) is 0.461. The van der Waals surface area contributed by atoms with Crippen LogP contribution in [0.3, 0.4) is 0 Å². The van der Waals surface area contributed by atoms with Gasteiger partial charge in [-0.25, -0.2) is 0 Å². The van der Waals surface area contributed by atoms with E-state index in [1.165, 1.54) is 77.1 Å². The first-order valence-electron chi connectivity index (χ1n) is 19.5. The third kappa shape index (κ3) is 5.16. The van der Waals surface area contributed by atoms with Crippen LogP contribution in [0.25, 0.3) is 76.5 Å². The van der Waals surface area contributed by atoms with Crippen LogP contribution in [0.4, 0.5) is 11.4 Å². The van der Waals surface area contributed by atoms with Gasteiger partial charge in [0.15, 0.2) is 0 Å². The van der Waals surface area contributed by atoms with Gasteiger partial charge in [0, 0.05) is 22.1 Å². The number of furan rings is 1. The number of anilines is 2. The van der Waals surface area contributed by atoms with E-state index in [2.05, 4.69) is 194 Å². The Bertz CT molecular complexity index is 3010. The van der Waals surface area contributed by atoms with E-state index in [1.54, 1.807) is 0 Å². The van der Waals surface area contributed by atoms with E-state index in [4.69, 9.17) is 4.42 Å². The van der Waals surface area contributed by atoms with Crippen molar-refractivity contribution in [3.8, 4) is 22.3 Å². The van der Waals surface area contributed by atoms with Crippen LogP contribution >= 0.6 is 0 Å². The highest BCUT2D eigenvalue weighted by atomic mass is 16.3. The fourth-order valence-electron chi connectivity index (χ4n) is 9.48. The normalized spacial score (nSPS) is 15.9. The van der Waals surface area contributed by atoms with Crippen molar-refractivity contribution < 1.29 is 4.42 Å². The second-order valence-corrected chi connectivity index (χ2v) is 15.3. The summed E-state index contributed by atoms with van der Waals surface area (Å²) in [6.45, 7) is 2.42. The lowest BCUT2D eigenvalue weighted by Gasteiger charge is -2.37. The van der Waals surface area contributed by atoms with Crippen molar-refractivity contribution in [3.63, 3.8) is 0 Å². The predicted molar refractivity (Wildman–Crippen MR) is 232 cm³/mol. The molecule has 0 radical (unpaired) electrons. The lowest BCUT2D eigenvalue weighted by atomic mass is 9.84. The molecule has 11 rings (SSSR count). The molecule has 0 bridgehead atoms. The van der Waals surface area contributed by atoms with Gasteiger partial charge >= 0.3 is 0 Å². The number of aryl methyl sites for hydroxylation is 1. The van der Waals surface area contributed by atoms with Crippen molar-refractivity contribution in [1.82, 2.24) is 0 Å². The monoisotopic (exact) mass is 705 g/mol. The highest BCUT2D eigenvalue weighted by Crippen LogP contribution is 2.48. The van der Waals surface area contributed by atoms with Crippen LogP contribution in [0.2, 0.25) is 0 Å². The van der Waals surface area contributed by atoms with Crippen LogP contribution in [-0.4, -0.2) is 0 Å². The Labute approximate surface area is 320 Å². The standard InChI is InChI=1S/C53H39NO/c1-34-23-24-35-13-7-12-22-48(35)54(41-16-3-2-4-17-41)53(34)37-27-25-36(26-28-37)51-42-18-8-10-20-44(42)52(45-21-11-9-19-43(45)51)40-29-30-49-46(32-40)47-31-38-14-5-6-15-39(38)33-50(47)55-49/h2-22,25-34,53H,23-24H2,1H3. The predicted octanol–water partition coefficient (Wildman–Crippen LogP) is 14.8. The smallest absolute Gasteiger partial charge is 0.136 e. The maximum absolute atomic E-state index is 6.42. The van der Waals surface area contributed by atoms with Crippen LogP contribution in [0.15, 0.2) is 186 Å². The van der Waals surface area contributed by atoms with Gasteiger partial charge in [0.2, 0.25) is 0 Å². The minimum absolute atomic E-state index is 0.211. The zero-order valence-electron chi connectivity index (χ0n) is 30.7. The first kappa shape index (κ1) is 31.8. The highest BCUT2D eigenvalue weighted by Gasteiger charge is 2.32. The second kappa shape index (κ2) is 12.7. The van der Waals surface area contributed by atoms with Crippen molar-refractivity contribution >= 4 is 65.6 Å². The molecule has 10 aromatic rings. The molecular weight excluding hydrogens is 667 g/mol. The minimum atomic E-state index is 0.211. The van der Waals surface area contributed by atoms with Crippen molar-refractivity contribution in [2.45, 2.75) is 25.8 Å². The molecule has 2 atom stereocenters. The maximum Gasteiger partial charge on any atom is 0.136 e. The van der Waals surface area contributed by atoms with Crippen molar-refractivity contribution in [3.05, 3.63) is 193 Å². The van der Waals surface area contributed by atoms with Crippen LogP contribution in [0.1, 0.15) is 30.5 Å². The Morgan fingerprint density at radius 3 is 1.75 bits per heavy atom. The molecule has 2 heteroatoms. The van der Waals surface area contributed by atoms with Crippen LogP contribution in [-0.2, 0) is 6.42 Å². The highest BCUT2D eigenvalue weighted by molar-refractivity contribution is 6.22. The maximum atomic E-state index is 6.42. The molecule has 0 N–H and O–H groups in total. The van der Waals surface area contributed by atoms with E-state index >= 15 is 0 Å². The summed E-state index contributed by atoms with van der Waals surface area (Å²) in [6, 6.07) is 67.2. The molecule has 0 aliphatic carbocycles. The van der Waals surface area contributed by atoms with Gasteiger partial charge in [0.25, 0.3) is 0 Å². The summed E-state index contributed by atoms with van der Waals surface area (Å²) < 4.78 is 6.42. The van der Waals surface area contributed by atoms with E-state index in [-0.39, 0.29) is 6.04 Å². The Morgan fingerprint density at radius 2 is 1.04 bits per heavy atom. The average molecular weight is 706 g/mol. The van der Waals surface area contributed by atoms with E-state index in [1.807, 2.05) is 0 Å². The Kier molecular flexibility index (Phi) is 7.38. The summed E-state index contributed by atoms with van der Waals surface area (Å²) in [5.41, 5.74) is 12.1. The number of hydrogen-bond acceptors (Lipinski definition) is 2. The first-order chi connectivity index (χ1) is 27.2. The summed E-state index contributed by atoms with van der Waals surface area (Å²) in [5, 5.41) is 9.73. The van der Waals surface area contributed by atoms with E-state index in [0.717, 1.165) is 34.8 Å². The Hall–Kier alpha value is -6.64. The van der Waals surface area contributed by atoms with Gasteiger partial charge in [-0.3, -0.25) is 0 Å². The van der Waals surface area contributed by atoms with Crippen LogP contribution in [0.5, 0.6) is 0 Å². The molecule has 2 heterocycles. The van der Waals surface area contributed by atoms with Gasteiger partial charge in [-0.15, -0.1) is 0 Å². The molecule has 0 saturated carbocycles. The summed E-state index contributed by atoms with van der Waals surface area (Å²) in [7, 11) is 0.